The van der Waals surface area contributed by atoms with Crippen molar-refractivity contribution in [3.8, 4) is 0 Å². The normalized spacial score (nSPS) is 14.3. The summed E-state index contributed by atoms with van der Waals surface area (Å²) in [5.74, 6) is 0.405. The van der Waals surface area contributed by atoms with Crippen LogP contribution >= 0.6 is 11.8 Å². The SMILES string of the molecule is CCn1c(=O)cc(SCC(=O)NC2CC2)c2ccccc21. The van der Waals surface area contributed by atoms with Crippen molar-refractivity contribution >= 4 is 28.6 Å². The summed E-state index contributed by atoms with van der Waals surface area (Å²) in [5, 5.41) is 4.00. The lowest BCUT2D eigenvalue weighted by atomic mass is 10.2. The van der Waals surface area contributed by atoms with E-state index in [4.69, 9.17) is 0 Å². The highest BCUT2D eigenvalue weighted by molar-refractivity contribution is 8.00. The van der Waals surface area contributed by atoms with Gasteiger partial charge in [0.25, 0.3) is 5.56 Å². The van der Waals surface area contributed by atoms with E-state index in [1.807, 2.05) is 31.2 Å². The van der Waals surface area contributed by atoms with Gasteiger partial charge in [0.05, 0.1) is 11.3 Å². The largest absolute Gasteiger partial charge is 0.353 e. The van der Waals surface area contributed by atoms with Crippen LogP contribution in [0.25, 0.3) is 10.9 Å². The Hall–Kier alpha value is -1.75. The highest BCUT2D eigenvalue weighted by Gasteiger charge is 2.23. The number of carbonyl (C=O) groups is 1. The first kappa shape index (κ1) is 14.2. The first-order valence-corrected chi connectivity index (χ1v) is 8.22. The maximum absolute atomic E-state index is 12.2. The number of aryl methyl sites for hydroxylation is 1. The van der Waals surface area contributed by atoms with Crippen molar-refractivity contribution in [2.75, 3.05) is 5.75 Å². The molecule has 0 spiro atoms. The molecule has 0 unspecified atom stereocenters. The molecular weight excluding hydrogens is 284 g/mol. The van der Waals surface area contributed by atoms with Gasteiger partial charge in [-0.15, -0.1) is 11.8 Å². The molecule has 0 atom stereocenters. The van der Waals surface area contributed by atoms with Gasteiger partial charge in [0, 0.05) is 28.9 Å². The fraction of sp³-hybridized carbons (Fsp3) is 0.375. The molecule has 5 heteroatoms. The Bertz CT molecular complexity index is 735. The molecule has 4 nitrogen and oxygen atoms in total. The van der Waals surface area contributed by atoms with E-state index in [0.29, 0.717) is 18.3 Å². The summed E-state index contributed by atoms with van der Waals surface area (Å²) < 4.78 is 1.75. The van der Waals surface area contributed by atoms with Crippen LogP contribution in [0.1, 0.15) is 19.8 Å². The Morgan fingerprint density at radius 1 is 1.38 bits per heavy atom. The number of para-hydroxylation sites is 1. The predicted octanol–water partition coefficient (Wildman–Crippen LogP) is 2.39. The molecule has 3 rings (SSSR count). The lowest BCUT2D eigenvalue weighted by Crippen LogP contribution is -2.27. The average Bonchev–Trinajstić information content (AvgIpc) is 3.29. The zero-order valence-corrected chi connectivity index (χ0v) is 12.8. The highest BCUT2D eigenvalue weighted by Crippen LogP contribution is 2.26. The number of fused-ring (bicyclic) bond motifs is 1. The van der Waals surface area contributed by atoms with Gasteiger partial charge in [-0.05, 0) is 25.8 Å². The van der Waals surface area contributed by atoms with Crippen molar-refractivity contribution in [3.05, 3.63) is 40.7 Å². The van der Waals surface area contributed by atoms with Gasteiger partial charge in [0.2, 0.25) is 5.91 Å². The molecule has 1 aromatic heterocycles. The molecule has 1 N–H and O–H groups in total. The number of aromatic nitrogens is 1. The second-order valence-electron chi connectivity index (χ2n) is 5.24. The fourth-order valence-electron chi connectivity index (χ4n) is 2.39. The summed E-state index contributed by atoms with van der Waals surface area (Å²) in [4.78, 5) is 24.8. The number of hydrogen-bond acceptors (Lipinski definition) is 3. The van der Waals surface area contributed by atoms with Crippen LogP contribution in [-0.4, -0.2) is 22.3 Å². The van der Waals surface area contributed by atoms with Gasteiger partial charge in [-0.2, -0.15) is 0 Å². The standard InChI is InChI=1S/C16H18N2O2S/c1-2-18-13-6-4-3-5-12(13)14(9-16(18)20)21-10-15(19)17-11-7-8-11/h3-6,9,11H,2,7-8,10H2,1H3,(H,17,19). The summed E-state index contributed by atoms with van der Waals surface area (Å²) in [6, 6.07) is 9.86. The summed E-state index contributed by atoms with van der Waals surface area (Å²) in [7, 11) is 0. The van der Waals surface area contributed by atoms with Crippen molar-refractivity contribution in [2.24, 2.45) is 0 Å². The third-order valence-electron chi connectivity index (χ3n) is 3.60. The van der Waals surface area contributed by atoms with Gasteiger partial charge < -0.3 is 9.88 Å². The van der Waals surface area contributed by atoms with Crippen LogP contribution in [-0.2, 0) is 11.3 Å². The number of nitrogens with zero attached hydrogens (tertiary/aromatic N) is 1. The molecule has 1 saturated carbocycles. The molecule has 0 radical (unpaired) electrons. The van der Waals surface area contributed by atoms with E-state index in [1.54, 1.807) is 10.6 Å². The lowest BCUT2D eigenvalue weighted by molar-refractivity contribution is -0.118. The van der Waals surface area contributed by atoms with Crippen molar-refractivity contribution in [1.29, 1.82) is 0 Å². The van der Waals surface area contributed by atoms with E-state index in [2.05, 4.69) is 5.32 Å². The minimum Gasteiger partial charge on any atom is -0.353 e. The van der Waals surface area contributed by atoms with E-state index in [9.17, 15) is 9.59 Å². The second-order valence-corrected chi connectivity index (χ2v) is 6.26. The summed E-state index contributed by atoms with van der Waals surface area (Å²) in [6.07, 6.45) is 2.18. The maximum Gasteiger partial charge on any atom is 0.252 e. The van der Waals surface area contributed by atoms with Crippen LogP contribution < -0.4 is 10.9 Å². The maximum atomic E-state index is 12.2. The topological polar surface area (TPSA) is 51.1 Å². The summed E-state index contributed by atoms with van der Waals surface area (Å²) in [6.45, 7) is 2.61. The molecular formula is C16H18N2O2S. The van der Waals surface area contributed by atoms with Gasteiger partial charge in [-0.25, -0.2) is 0 Å². The average molecular weight is 302 g/mol. The zero-order chi connectivity index (χ0) is 14.8. The molecule has 0 aliphatic heterocycles. The minimum absolute atomic E-state index is 0.0127. The van der Waals surface area contributed by atoms with Gasteiger partial charge in [0.1, 0.15) is 0 Å². The smallest absolute Gasteiger partial charge is 0.252 e. The first-order valence-electron chi connectivity index (χ1n) is 7.24. The van der Waals surface area contributed by atoms with Crippen molar-refractivity contribution < 1.29 is 4.79 Å². The fourth-order valence-corrected chi connectivity index (χ4v) is 3.27. The third-order valence-corrected chi connectivity index (χ3v) is 4.65. The molecule has 1 fully saturated rings. The quantitative estimate of drug-likeness (QED) is 0.863. The number of thioether (sulfide) groups is 1. The second kappa shape index (κ2) is 5.93. The van der Waals surface area contributed by atoms with Gasteiger partial charge in [0.15, 0.2) is 0 Å². The van der Waals surface area contributed by atoms with E-state index in [1.165, 1.54) is 11.8 Å². The number of nitrogens with one attached hydrogen (secondary N) is 1. The predicted molar refractivity (Wildman–Crippen MR) is 85.8 cm³/mol. The van der Waals surface area contributed by atoms with Crippen LogP contribution in [0.15, 0.2) is 40.0 Å². The highest BCUT2D eigenvalue weighted by atomic mass is 32.2. The Morgan fingerprint density at radius 3 is 2.86 bits per heavy atom. The van der Waals surface area contributed by atoms with Gasteiger partial charge in [-0.3, -0.25) is 9.59 Å². The summed E-state index contributed by atoms with van der Waals surface area (Å²) in [5.41, 5.74) is 0.916. The monoisotopic (exact) mass is 302 g/mol. The molecule has 0 saturated heterocycles. The molecule has 1 heterocycles. The van der Waals surface area contributed by atoms with E-state index in [0.717, 1.165) is 28.6 Å². The van der Waals surface area contributed by atoms with Crippen molar-refractivity contribution in [1.82, 2.24) is 9.88 Å². The van der Waals surface area contributed by atoms with Crippen LogP contribution in [0.5, 0.6) is 0 Å². The molecule has 0 bridgehead atoms. The Balaban J connectivity index is 1.87. The van der Waals surface area contributed by atoms with Crippen LogP contribution in [0.4, 0.5) is 0 Å². The molecule has 1 aliphatic carbocycles. The Kier molecular flexibility index (Phi) is 4.01. The van der Waals surface area contributed by atoms with Crippen LogP contribution in [0.2, 0.25) is 0 Å². The van der Waals surface area contributed by atoms with Crippen LogP contribution in [0.3, 0.4) is 0 Å². The van der Waals surface area contributed by atoms with Gasteiger partial charge >= 0.3 is 0 Å². The number of amides is 1. The molecule has 21 heavy (non-hydrogen) atoms. The van der Waals surface area contributed by atoms with Crippen molar-refractivity contribution in [3.63, 3.8) is 0 Å². The molecule has 1 aromatic carbocycles. The van der Waals surface area contributed by atoms with E-state index >= 15 is 0 Å². The first-order chi connectivity index (χ1) is 10.2. The number of pyridine rings is 1. The third kappa shape index (κ3) is 3.13. The minimum atomic E-state index is -0.0127. The molecule has 110 valence electrons. The number of hydrogen-bond donors (Lipinski definition) is 1. The number of carbonyl (C=O) groups excluding carboxylic acids is 1. The van der Waals surface area contributed by atoms with E-state index < -0.39 is 0 Å². The zero-order valence-electron chi connectivity index (χ0n) is 12.0. The van der Waals surface area contributed by atoms with Gasteiger partial charge in [-0.1, -0.05) is 18.2 Å². The Labute approximate surface area is 127 Å². The Morgan fingerprint density at radius 2 is 2.14 bits per heavy atom. The molecule has 1 aliphatic rings. The lowest BCUT2D eigenvalue weighted by Gasteiger charge is -2.11. The van der Waals surface area contributed by atoms with Crippen molar-refractivity contribution in [2.45, 2.75) is 37.2 Å². The summed E-state index contributed by atoms with van der Waals surface area (Å²) >= 11 is 1.44. The number of benzene rings is 1. The van der Waals surface area contributed by atoms with Crippen LogP contribution in [0, 0.1) is 0 Å². The number of rotatable bonds is 5. The molecule has 1 amide bonds. The van der Waals surface area contributed by atoms with E-state index in [-0.39, 0.29) is 11.5 Å². The molecule has 2 aromatic rings.